The molecule has 3 heteroatoms. The Balaban J connectivity index is 2.09. The zero-order chi connectivity index (χ0) is 13.9. The van der Waals surface area contributed by atoms with Gasteiger partial charge in [-0.3, -0.25) is 4.79 Å². The summed E-state index contributed by atoms with van der Waals surface area (Å²) in [6.45, 7) is 3.87. The third-order valence-corrected chi connectivity index (χ3v) is 3.20. The summed E-state index contributed by atoms with van der Waals surface area (Å²) in [7, 11) is 2.08. The molecular weight excluding hydrogens is 236 g/mol. The Labute approximate surface area is 117 Å². The van der Waals surface area contributed by atoms with Gasteiger partial charge in [-0.1, -0.05) is 38.0 Å². The molecule has 1 aromatic carbocycles. The third-order valence-electron chi connectivity index (χ3n) is 3.20. The SMILES string of the molecule is CCCCCC(=O)NCCCN(C)c1ccccc1. The second kappa shape index (κ2) is 9.42. The highest BCUT2D eigenvalue weighted by molar-refractivity contribution is 5.75. The first kappa shape index (κ1) is 15.5. The van der Waals surface area contributed by atoms with E-state index in [-0.39, 0.29) is 5.91 Å². The van der Waals surface area contributed by atoms with E-state index in [4.69, 9.17) is 0 Å². The van der Waals surface area contributed by atoms with Crippen molar-refractivity contribution in [3.63, 3.8) is 0 Å². The Morgan fingerprint density at radius 2 is 1.89 bits per heavy atom. The largest absolute Gasteiger partial charge is 0.375 e. The van der Waals surface area contributed by atoms with E-state index in [0.717, 1.165) is 38.8 Å². The summed E-state index contributed by atoms with van der Waals surface area (Å²) in [4.78, 5) is 13.7. The second-order valence-electron chi connectivity index (χ2n) is 4.92. The monoisotopic (exact) mass is 262 g/mol. The predicted octanol–water partition coefficient (Wildman–Crippen LogP) is 3.21. The summed E-state index contributed by atoms with van der Waals surface area (Å²) in [6.07, 6.45) is 4.96. The van der Waals surface area contributed by atoms with Gasteiger partial charge in [0.15, 0.2) is 0 Å². The molecule has 0 spiro atoms. The van der Waals surface area contributed by atoms with Crippen LogP contribution in [0.4, 0.5) is 5.69 Å². The third kappa shape index (κ3) is 6.85. The minimum Gasteiger partial charge on any atom is -0.375 e. The van der Waals surface area contributed by atoms with Gasteiger partial charge in [0.2, 0.25) is 5.91 Å². The van der Waals surface area contributed by atoms with Crippen LogP contribution in [0.15, 0.2) is 30.3 Å². The summed E-state index contributed by atoms with van der Waals surface area (Å²) in [5.41, 5.74) is 1.22. The Kier molecular flexibility index (Phi) is 7.71. The topological polar surface area (TPSA) is 32.3 Å². The van der Waals surface area contributed by atoms with Crippen LogP contribution in [-0.2, 0) is 4.79 Å². The van der Waals surface area contributed by atoms with Crippen molar-refractivity contribution in [2.24, 2.45) is 0 Å². The van der Waals surface area contributed by atoms with Gasteiger partial charge in [-0.25, -0.2) is 0 Å². The van der Waals surface area contributed by atoms with Crippen LogP contribution in [0.5, 0.6) is 0 Å². The number of benzene rings is 1. The van der Waals surface area contributed by atoms with Gasteiger partial charge in [-0.15, -0.1) is 0 Å². The van der Waals surface area contributed by atoms with Crippen molar-refractivity contribution in [3.05, 3.63) is 30.3 Å². The number of rotatable bonds is 9. The maximum atomic E-state index is 11.5. The zero-order valence-corrected chi connectivity index (χ0v) is 12.2. The van der Waals surface area contributed by atoms with Gasteiger partial charge >= 0.3 is 0 Å². The number of anilines is 1. The lowest BCUT2D eigenvalue weighted by Gasteiger charge is -2.19. The first-order valence-electron chi connectivity index (χ1n) is 7.27. The number of nitrogens with one attached hydrogen (secondary N) is 1. The Hall–Kier alpha value is -1.51. The first-order valence-corrected chi connectivity index (χ1v) is 7.27. The van der Waals surface area contributed by atoms with E-state index in [1.807, 2.05) is 18.2 Å². The first-order chi connectivity index (χ1) is 9.24. The van der Waals surface area contributed by atoms with E-state index < -0.39 is 0 Å². The molecule has 0 heterocycles. The lowest BCUT2D eigenvalue weighted by atomic mass is 10.2. The number of unbranched alkanes of at least 4 members (excludes halogenated alkanes) is 2. The molecule has 0 aliphatic carbocycles. The van der Waals surface area contributed by atoms with Gasteiger partial charge in [-0.05, 0) is 25.0 Å². The molecule has 1 aromatic rings. The highest BCUT2D eigenvalue weighted by atomic mass is 16.1. The van der Waals surface area contributed by atoms with Crippen LogP contribution in [-0.4, -0.2) is 26.0 Å². The number of hydrogen-bond acceptors (Lipinski definition) is 2. The number of hydrogen-bond donors (Lipinski definition) is 1. The van der Waals surface area contributed by atoms with Gasteiger partial charge in [0.05, 0.1) is 0 Å². The molecule has 0 saturated carbocycles. The average Bonchev–Trinajstić information content (AvgIpc) is 2.44. The predicted molar refractivity (Wildman–Crippen MR) is 81.5 cm³/mol. The zero-order valence-electron chi connectivity index (χ0n) is 12.2. The number of amides is 1. The van der Waals surface area contributed by atoms with Crippen molar-refractivity contribution in [3.8, 4) is 0 Å². The molecule has 0 unspecified atom stereocenters. The van der Waals surface area contributed by atoms with Crippen molar-refractivity contribution in [2.75, 3.05) is 25.0 Å². The van der Waals surface area contributed by atoms with Gasteiger partial charge < -0.3 is 10.2 Å². The number of para-hydroxylation sites is 1. The van der Waals surface area contributed by atoms with Crippen molar-refractivity contribution in [2.45, 2.75) is 39.0 Å². The summed E-state index contributed by atoms with van der Waals surface area (Å²) < 4.78 is 0. The van der Waals surface area contributed by atoms with Crippen molar-refractivity contribution in [1.82, 2.24) is 5.32 Å². The maximum absolute atomic E-state index is 11.5. The molecule has 0 aromatic heterocycles. The van der Waals surface area contributed by atoms with E-state index >= 15 is 0 Å². The summed E-state index contributed by atoms with van der Waals surface area (Å²) in [5.74, 6) is 0.191. The number of carbonyl (C=O) groups is 1. The molecule has 0 saturated heterocycles. The fourth-order valence-electron chi connectivity index (χ4n) is 1.98. The van der Waals surface area contributed by atoms with E-state index in [1.54, 1.807) is 0 Å². The van der Waals surface area contributed by atoms with Gasteiger partial charge in [0.25, 0.3) is 0 Å². The second-order valence-corrected chi connectivity index (χ2v) is 4.92. The van der Waals surface area contributed by atoms with Gasteiger partial charge in [0, 0.05) is 32.2 Å². The highest BCUT2D eigenvalue weighted by Crippen LogP contribution is 2.10. The smallest absolute Gasteiger partial charge is 0.219 e. The molecule has 0 aliphatic heterocycles. The molecule has 1 rings (SSSR count). The lowest BCUT2D eigenvalue weighted by molar-refractivity contribution is -0.121. The van der Waals surface area contributed by atoms with Crippen LogP contribution in [0.3, 0.4) is 0 Å². The van der Waals surface area contributed by atoms with Crippen molar-refractivity contribution >= 4 is 11.6 Å². The summed E-state index contributed by atoms with van der Waals surface area (Å²) in [5, 5.41) is 2.98. The summed E-state index contributed by atoms with van der Waals surface area (Å²) >= 11 is 0. The van der Waals surface area contributed by atoms with E-state index in [1.165, 1.54) is 5.69 Å². The Bertz CT molecular complexity index is 351. The molecule has 0 bridgehead atoms. The van der Waals surface area contributed by atoms with Crippen LogP contribution in [0.2, 0.25) is 0 Å². The molecule has 0 radical (unpaired) electrons. The van der Waals surface area contributed by atoms with Crippen LogP contribution in [0, 0.1) is 0 Å². The normalized spacial score (nSPS) is 10.2. The van der Waals surface area contributed by atoms with Gasteiger partial charge in [0.1, 0.15) is 0 Å². The molecule has 1 amide bonds. The number of carbonyl (C=O) groups excluding carboxylic acids is 1. The molecule has 3 nitrogen and oxygen atoms in total. The quantitative estimate of drug-likeness (QED) is 0.693. The molecule has 1 N–H and O–H groups in total. The van der Waals surface area contributed by atoms with Crippen LogP contribution >= 0.6 is 0 Å². The fourth-order valence-corrected chi connectivity index (χ4v) is 1.98. The van der Waals surface area contributed by atoms with Crippen LogP contribution in [0.25, 0.3) is 0 Å². The fraction of sp³-hybridized carbons (Fsp3) is 0.562. The maximum Gasteiger partial charge on any atom is 0.219 e. The van der Waals surface area contributed by atoms with E-state index in [2.05, 4.69) is 36.3 Å². The van der Waals surface area contributed by atoms with Crippen LogP contribution < -0.4 is 10.2 Å². The molecule has 0 fully saturated rings. The number of nitrogens with zero attached hydrogens (tertiary/aromatic N) is 1. The molecule has 106 valence electrons. The standard InChI is InChI=1S/C16H26N2O/c1-3-4-6-12-16(19)17-13-9-14-18(2)15-10-7-5-8-11-15/h5,7-8,10-11H,3-4,6,9,12-14H2,1-2H3,(H,17,19). The van der Waals surface area contributed by atoms with E-state index in [0.29, 0.717) is 6.42 Å². The Morgan fingerprint density at radius 1 is 1.16 bits per heavy atom. The van der Waals surface area contributed by atoms with Crippen LogP contribution in [0.1, 0.15) is 39.0 Å². The molecular formula is C16H26N2O. The molecule has 19 heavy (non-hydrogen) atoms. The van der Waals surface area contributed by atoms with Crippen molar-refractivity contribution < 1.29 is 4.79 Å². The van der Waals surface area contributed by atoms with Gasteiger partial charge in [-0.2, -0.15) is 0 Å². The minimum atomic E-state index is 0.191. The minimum absolute atomic E-state index is 0.191. The molecule has 0 aliphatic rings. The Morgan fingerprint density at radius 3 is 2.58 bits per heavy atom. The summed E-state index contributed by atoms with van der Waals surface area (Å²) in [6, 6.07) is 10.3. The average molecular weight is 262 g/mol. The molecule has 0 atom stereocenters. The van der Waals surface area contributed by atoms with E-state index in [9.17, 15) is 4.79 Å². The lowest BCUT2D eigenvalue weighted by Crippen LogP contribution is -2.27. The highest BCUT2D eigenvalue weighted by Gasteiger charge is 2.02. The van der Waals surface area contributed by atoms with Crippen molar-refractivity contribution in [1.29, 1.82) is 0 Å².